The average Bonchev–Trinajstić information content (AvgIpc) is 2.88. The normalized spacial score (nSPS) is 10.8. The van der Waals surface area contributed by atoms with E-state index < -0.39 is 0 Å². The van der Waals surface area contributed by atoms with Crippen LogP contribution in [0.25, 0.3) is 17.1 Å². The molecule has 20 heavy (non-hydrogen) atoms. The Bertz CT molecular complexity index is 724. The van der Waals surface area contributed by atoms with Gasteiger partial charge in [0.2, 0.25) is 0 Å². The van der Waals surface area contributed by atoms with E-state index in [0.717, 1.165) is 22.4 Å². The summed E-state index contributed by atoms with van der Waals surface area (Å²) >= 11 is 0. The minimum Gasteiger partial charge on any atom is -0.281 e. The van der Waals surface area contributed by atoms with Gasteiger partial charge in [0.15, 0.2) is 5.82 Å². The fourth-order valence-corrected chi connectivity index (χ4v) is 2.38. The summed E-state index contributed by atoms with van der Waals surface area (Å²) in [5, 5.41) is 8.16. The summed E-state index contributed by atoms with van der Waals surface area (Å²) in [5.41, 5.74) is 4.20. The highest BCUT2D eigenvalue weighted by molar-refractivity contribution is 5.60. The van der Waals surface area contributed by atoms with Gasteiger partial charge in [-0.05, 0) is 49.2 Å². The lowest BCUT2D eigenvalue weighted by molar-refractivity contribution is 0.628. The van der Waals surface area contributed by atoms with Gasteiger partial charge in [0.1, 0.15) is 12.1 Å². The second kappa shape index (κ2) is 4.89. The topological polar surface area (TPSA) is 30.7 Å². The molecule has 0 atom stereocenters. The molecule has 2 aromatic carbocycles. The third-order valence-corrected chi connectivity index (χ3v) is 3.33. The molecule has 0 radical (unpaired) electrons. The summed E-state index contributed by atoms with van der Waals surface area (Å²) in [6, 6.07) is 12.4. The first-order chi connectivity index (χ1) is 9.66. The molecule has 0 N–H and O–H groups in total. The molecule has 0 fully saturated rings. The standard InChI is InChI=1S/C16H14FN3/c1-11-4-3-5-12(2)15(11)20-10-18-19-16(20)13-6-8-14(17)9-7-13/h3-10H,1-2H3. The number of benzene rings is 2. The minimum atomic E-state index is -0.258. The van der Waals surface area contributed by atoms with Crippen molar-refractivity contribution in [2.45, 2.75) is 13.8 Å². The molecule has 3 aromatic rings. The highest BCUT2D eigenvalue weighted by Gasteiger charge is 2.12. The van der Waals surface area contributed by atoms with Gasteiger partial charge in [-0.1, -0.05) is 18.2 Å². The molecular weight excluding hydrogens is 253 g/mol. The van der Waals surface area contributed by atoms with Crippen molar-refractivity contribution in [3.8, 4) is 17.1 Å². The van der Waals surface area contributed by atoms with Gasteiger partial charge in [-0.25, -0.2) is 4.39 Å². The molecule has 100 valence electrons. The van der Waals surface area contributed by atoms with Gasteiger partial charge < -0.3 is 0 Å². The highest BCUT2D eigenvalue weighted by Crippen LogP contribution is 2.25. The molecular formula is C16H14FN3. The number of halogens is 1. The zero-order chi connectivity index (χ0) is 14.1. The van der Waals surface area contributed by atoms with Gasteiger partial charge in [-0.2, -0.15) is 0 Å². The molecule has 3 nitrogen and oxygen atoms in total. The first-order valence-electron chi connectivity index (χ1n) is 6.39. The minimum absolute atomic E-state index is 0.258. The van der Waals surface area contributed by atoms with Crippen molar-refractivity contribution in [2.24, 2.45) is 0 Å². The molecule has 0 saturated carbocycles. The van der Waals surface area contributed by atoms with Crippen molar-refractivity contribution in [3.05, 3.63) is 65.7 Å². The molecule has 0 aliphatic carbocycles. The van der Waals surface area contributed by atoms with E-state index in [0.29, 0.717) is 5.82 Å². The lowest BCUT2D eigenvalue weighted by atomic mass is 10.1. The Hall–Kier alpha value is -2.49. The lowest BCUT2D eigenvalue weighted by Crippen LogP contribution is -2.01. The number of para-hydroxylation sites is 1. The Balaban J connectivity index is 2.18. The van der Waals surface area contributed by atoms with Crippen LogP contribution in [0, 0.1) is 19.7 Å². The summed E-state index contributed by atoms with van der Waals surface area (Å²) in [5.74, 6) is 0.453. The Morgan fingerprint density at radius 3 is 2.25 bits per heavy atom. The van der Waals surface area contributed by atoms with Crippen molar-refractivity contribution in [2.75, 3.05) is 0 Å². The van der Waals surface area contributed by atoms with Crippen LogP contribution in [0.1, 0.15) is 11.1 Å². The van der Waals surface area contributed by atoms with Gasteiger partial charge in [0.05, 0.1) is 5.69 Å². The van der Waals surface area contributed by atoms with Gasteiger partial charge >= 0.3 is 0 Å². The number of aromatic nitrogens is 3. The van der Waals surface area contributed by atoms with Crippen LogP contribution in [0.4, 0.5) is 4.39 Å². The summed E-state index contributed by atoms with van der Waals surface area (Å²) in [6.45, 7) is 4.10. The van der Waals surface area contributed by atoms with E-state index in [4.69, 9.17) is 0 Å². The van der Waals surface area contributed by atoms with Crippen LogP contribution >= 0.6 is 0 Å². The molecule has 0 saturated heterocycles. The third-order valence-electron chi connectivity index (χ3n) is 3.33. The van der Waals surface area contributed by atoms with Gasteiger partial charge in [-0.15, -0.1) is 10.2 Å². The van der Waals surface area contributed by atoms with E-state index in [-0.39, 0.29) is 5.82 Å². The first kappa shape index (κ1) is 12.5. The quantitative estimate of drug-likeness (QED) is 0.709. The summed E-state index contributed by atoms with van der Waals surface area (Å²) in [7, 11) is 0. The second-order valence-corrected chi connectivity index (χ2v) is 4.77. The zero-order valence-electron chi connectivity index (χ0n) is 11.3. The maximum atomic E-state index is 13.0. The second-order valence-electron chi connectivity index (χ2n) is 4.77. The van der Waals surface area contributed by atoms with E-state index in [1.165, 1.54) is 12.1 Å². The third kappa shape index (κ3) is 2.09. The van der Waals surface area contributed by atoms with Crippen LogP contribution in [0.2, 0.25) is 0 Å². The molecule has 0 aliphatic heterocycles. The maximum Gasteiger partial charge on any atom is 0.168 e. The molecule has 0 aliphatic rings. The number of nitrogens with zero attached hydrogens (tertiary/aromatic N) is 3. The Labute approximate surface area is 116 Å². The molecule has 0 unspecified atom stereocenters. The molecule has 0 bridgehead atoms. The molecule has 4 heteroatoms. The van der Waals surface area contributed by atoms with E-state index in [2.05, 4.69) is 36.2 Å². The van der Waals surface area contributed by atoms with E-state index >= 15 is 0 Å². The Kier molecular flexibility index (Phi) is 3.06. The summed E-state index contributed by atoms with van der Waals surface area (Å²) < 4.78 is 15.0. The van der Waals surface area contributed by atoms with Crippen molar-refractivity contribution in [1.82, 2.24) is 14.8 Å². The smallest absolute Gasteiger partial charge is 0.168 e. The van der Waals surface area contributed by atoms with Gasteiger partial charge in [-0.3, -0.25) is 4.57 Å². The van der Waals surface area contributed by atoms with Gasteiger partial charge in [0, 0.05) is 5.56 Å². The summed E-state index contributed by atoms with van der Waals surface area (Å²) in [4.78, 5) is 0. The van der Waals surface area contributed by atoms with Crippen molar-refractivity contribution >= 4 is 0 Å². The summed E-state index contributed by atoms with van der Waals surface area (Å²) in [6.07, 6.45) is 1.69. The highest BCUT2D eigenvalue weighted by atomic mass is 19.1. The molecule has 3 rings (SSSR count). The molecule has 0 amide bonds. The fourth-order valence-electron chi connectivity index (χ4n) is 2.38. The zero-order valence-corrected chi connectivity index (χ0v) is 11.3. The number of aryl methyl sites for hydroxylation is 2. The molecule has 1 aromatic heterocycles. The van der Waals surface area contributed by atoms with Crippen LogP contribution in [-0.4, -0.2) is 14.8 Å². The molecule has 1 heterocycles. The predicted molar refractivity (Wildman–Crippen MR) is 76.2 cm³/mol. The first-order valence-corrected chi connectivity index (χ1v) is 6.39. The lowest BCUT2D eigenvalue weighted by Gasteiger charge is -2.12. The number of hydrogen-bond acceptors (Lipinski definition) is 2. The van der Waals surface area contributed by atoms with E-state index in [1.807, 2.05) is 10.6 Å². The Morgan fingerprint density at radius 2 is 1.60 bits per heavy atom. The van der Waals surface area contributed by atoms with E-state index in [9.17, 15) is 4.39 Å². The van der Waals surface area contributed by atoms with Crippen LogP contribution in [0.5, 0.6) is 0 Å². The van der Waals surface area contributed by atoms with E-state index in [1.54, 1.807) is 18.5 Å². The average molecular weight is 267 g/mol. The van der Waals surface area contributed by atoms with Crippen LogP contribution in [0.3, 0.4) is 0 Å². The van der Waals surface area contributed by atoms with Crippen molar-refractivity contribution in [1.29, 1.82) is 0 Å². The number of rotatable bonds is 2. The van der Waals surface area contributed by atoms with Crippen molar-refractivity contribution < 1.29 is 4.39 Å². The van der Waals surface area contributed by atoms with Crippen molar-refractivity contribution in [3.63, 3.8) is 0 Å². The largest absolute Gasteiger partial charge is 0.281 e. The predicted octanol–water partition coefficient (Wildman–Crippen LogP) is 3.69. The maximum absolute atomic E-state index is 13.0. The van der Waals surface area contributed by atoms with Crippen LogP contribution in [-0.2, 0) is 0 Å². The van der Waals surface area contributed by atoms with Crippen LogP contribution in [0.15, 0.2) is 48.8 Å². The Morgan fingerprint density at radius 1 is 0.950 bits per heavy atom. The SMILES string of the molecule is Cc1cccc(C)c1-n1cnnc1-c1ccc(F)cc1. The monoisotopic (exact) mass is 267 g/mol. The fraction of sp³-hybridized carbons (Fsp3) is 0.125. The molecule has 0 spiro atoms. The number of hydrogen-bond donors (Lipinski definition) is 0. The van der Waals surface area contributed by atoms with Crippen LogP contribution < -0.4 is 0 Å². The van der Waals surface area contributed by atoms with Gasteiger partial charge in [0.25, 0.3) is 0 Å².